The van der Waals surface area contributed by atoms with Gasteiger partial charge in [0.1, 0.15) is 17.6 Å². The van der Waals surface area contributed by atoms with Crippen LogP contribution in [-0.4, -0.2) is 31.0 Å². The van der Waals surface area contributed by atoms with Crippen LogP contribution in [0.5, 0.6) is 5.75 Å². The summed E-state index contributed by atoms with van der Waals surface area (Å²) in [6.45, 7) is 1.90. The Hall–Kier alpha value is -3.03. The summed E-state index contributed by atoms with van der Waals surface area (Å²) in [6.07, 6.45) is -3.08. The number of aldehydes is 1. The Balaban J connectivity index is 0.00000114. The lowest BCUT2D eigenvalue weighted by Crippen LogP contribution is -2.08. The van der Waals surface area contributed by atoms with Gasteiger partial charge in [-0.25, -0.2) is 4.79 Å². The number of alkyl halides is 3. The molecule has 0 radical (unpaired) electrons. The van der Waals surface area contributed by atoms with Gasteiger partial charge in [0.05, 0.1) is 12.7 Å². The van der Waals surface area contributed by atoms with Gasteiger partial charge in [-0.15, -0.1) is 0 Å². The molecule has 0 spiro atoms. The number of ether oxygens (including phenoxy) is 1. The first-order valence-electron chi connectivity index (χ1n) is 7.94. The molecule has 0 unspecified atom stereocenters. The molecule has 0 aromatic heterocycles. The van der Waals surface area contributed by atoms with Gasteiger partial charge < -0.3 is 20.0 Å². The molecule has 27 heavy (non-hydrogen) atoms. The summed E-state index contributed by atoms with van der Waals surface area (Å²) in [5.74, 6) is -0.839. The lowest BCUT2D eigenvalue weighted by Gasteiger charge is -2.11. The number of rotatable bonds is 6. The van der Waals surface area contributed by atoms with Crippen molar-refractivity contribution < 1.29 is 32.6 Å². The third-order valence-corrected chi connectivity index (χ3v) is 3.45. The van der Waals surface area contributed by atoms with Crippen molar-refractivity contribution in [1.82, 2.24) is 0 Å². The summed E-state index contributed by atoms with van der Waals surface area (Å²) in [5.41, 5.74) is 0.708. The summed E-state index contributed by atoms with van der Waals surface area (Å²) in [6, 6.07) is 9.63. The SMILES string of the molecule is CC=O.COc1ccc(NCCc2ccc(C(F)(F)F)cc2)cc1C(=O)O. The van der Waals surface area contributed by atoms with Crippen LogP contribution in [0.2, 0.25) is 0 Å². The van der Waals surface area contributed by atoms with Crippen LogP contribution in [0.1, 0.15) is 28.4 Å². The number of hydrogen-bond donors (Lipinski definition) is 2. The standard InChI is InChI=1S/C17H16F3NO3.C2H4O/c1-24-15-7-6-13(10-14(15)16(22)23)21-9-8-11-2-4-12(5-3-11)17(18,19)20;1-2-3/h2-7,10,21H,8-9H2,1H3,(H,22,23);2H,1H3. The Morgan fingerprint density at radius 1 is 1.19 bits per heavy atom. The number of carboxylic acids is 1. The van der Waals surface area contributed by atoms with Gasteiger partial charge >= 0.3 is 12.1 Å². The number of anilines is 1. The number of nitrogens with one attached hydrogen (secondary N) is 1. The number of aromatic carboxylic acids is 1. The van der Waals surface area contributed by atoms with Gasteiger partial charge in [-0.1, -0.05) is 12.1 Å². The van der Waals surface area contributed by atoms with E-state index in [2.05, 4.69) is 5.32 Å². The van der Waals surface area contributed by atoms with Crippen LogP contribution in [-0.2, 0) is 17.4 Å². The fourth-order valence-corrected chi connectivity index (χ4v) is 2.20. The van der Waals surface area contributed by atoms with E-state index in [4.69, 9.17) is 14.6 Å². The molecule has 0 saturated heterocycles. The van der Waals surface area contributed by atoms with E-state index in [1.807, 2.05) is 0 Å². The fraction of sp³-hybridized carbons (Fsp3) is 0.263. The number of benzene rings is 2. The van der Waals surface area contributed by atoms with E-state index >= 15 is 0 Å². The molecule has 2 N–H and O–H groups in total. The van der Waals surface area contributed by atoms with E-state index in [9.17, 15) is 18.0 Å². The second-order valence-electron chi connectivity index (χ2n) is 5.33. The number of hydrogen-bond acceptors (Lipinski definition) is 4. The summed E-state index contributed by atoms with van der Waals surface area (Å²) < 4.78 is 42.4. The topological polar surface area (TPSA) is 75.6 Å². The highest BCUT2D eigenvalue weighted by molar-refractivity contribution is 5.92. The maximum absolute atomic E-state index is 12.5. The lowest BCUT2D eigenvalue weighted by atomic mass is 10.1. The molecule has 0 bridgehead atoms. The van der Waals surface area contributed by atoms with Crippen LogP contribution in [0, 0.1) is 0 Å². The molecule has 0 aliphatic heterocycles. The largest absolute Gasteiger partial charge is 0.496 e. The van der Waals surface area contributed by atoms with Crippen molar-refractivity contribution in [2.45, 2.75) is 19.5 Å². The Kier molecular flexibility index (Phi) is 8.32. The van der Waals surface area contributed by atoms with Crippen molar-refractivity contribution in [2.75, 3.05) is 19.0 Å². The van der Waals surface area contributed by atoms with E-state index < -0.39 is 17.7 Å². The lowest BCUT2D eigenvalue weighted by molar-refractivity contribution is -0.137. The van der Waals surface area contributed by atoms with Crippen LogP contribution >= 0.6 is 0 Å². The van der Waals surface area contributed by atoms with E-state index in [-0.39, 0.29) is 11.3 Å². The number of carboxylic acid groups (broad SMARTS) is 1. The molecule has 0 fully saturated rings. The maximum Gasteiger partial charge on any atom is 0.416 e. The molecule has 5 nitrogen and oxygen atoms in total. The highest BCUT2D eigenvalue weighted by Crippen LogP contribution is 2.29. The molecule has 0 atom stereocenters. The first-order chi connectivity index (χ1) is 12.7. The van der Waals surface area contributed by atoms with Crippen LogP contribution in [0.15, 0.2) is 42.5 Å². The second kappa shape index (κ2) is 10.2. The zero-order valence-electron chi connectivity index (χ0n) is 14.8. The zero-order chi connectivity index (χ0) is 20.4. The predicted octanol–water partition coefficient (Wildman–Crippen LogP) is 4.27. The van der Waals surface area contributed by atoms with Crippen LogP contribution in [0.4, 0.5) is 18.9 Å². The van der Waals surface area contributed by atoms with Gasteiger partial charge in [0.2, 0.25) is 0 Å². The van der Waals surface area contributed by atoms with Gasteiger partial charge in [0.25, 0.3) is 0 Å². The van der Waals surface area contributed by atoms with Crippen LogP contribution in [0.3, 0.4) is 0 Å². The average molecular weight is 383 g/mol. The molecule has 2 rings (SSSR count). The molecule has 8 heteroatoms. The Morgan fingerprint density at radius 2 is 1.78 bits per heavy atom. The maximum atomic E-state index is 12.5. The molecule has 2 aromatic carbocycles. The summed E-state index contributed by atoms with van der Waals surface area (Å²) in [7, 11) is 1.39. The van der Waals surface area contributed by atoms with E-state index in [0.29, 0.717) is 18.7 Å². The number of methoxy groups -OCH3 is 1. The Labute approximate surface area is 154 Å². The minimum atomic E-state index is -4.34. The molecule has 0 heterocycles. The fourth-order valence-electron chi connectivity index (χ4n) is 2.20. The van der Waals surface area contributed by atoms with E-state index in [1.54, 1.807) is 12.1 Å². The smallest absolute Gasteiger partial charge is 0.416 e. The predicted molar refractivity (Wildman–Crippen MR) is 95.3 cm³/mol. The van der Waals surface area contributed by atoms with Gasteiger partial charge in [-0.3, -0.25) is 0 Å². The molecule has 0 saturated carbocycles. The second-order valence-corrected chi connectivity index (χ2v) is 5.33. The summed E-state index contributed by atoms with van der Waals surface area (Å²) in [5, 5.41) is 12.2. The first-order valence-corrected chi connectivity index (χ1v) is 7.94. The van der Waals surface area contributed by atoms with Gasteiger partial charge in [-0.2, -0.15) is 13.2 Å². The van der Waals surface area contributed by atoms with Crippen LogP contribution in [0.25, 0.3) is 0 Å². The Bertz CT molecular complexity index is 759. The van der Waals surface area contributed by atoms with Crippen molar-refractivity contribution in [1.29, 1.82) is 0 Å². The summed E-state index contributed by atoms with van der Waals surface area (Å²) in [4.78, 5) is 19.9. The number of carbonyl (C=O) groups excluding carboxylic acids is 1. The van der Waals surface area contributed by atoms with Crippen molar-refractivity contribution in [3.05, 3.63) is 59.2 Å². The highest BCUT2D eigenvalue weighted by atomic mass is 19.4. The van der Waals surface area contributed by atoms with E-state index in [0.717, 1.165) is 24.0 Å². The zero-order valence-corrected chi connectivity index (χ0v) is 14.8. The average Bonchev–Trinajstić information content (AvgIpc) is 2.62. The summed E-state index contributed by atoms with van der Waals surface area (Å²) >= 11 is 0. The van der Waals surface area contributed by atoms with Gasteiger partial charge in [0, 0.05) is 12.2 Å². The third-order valence-electron chi connectivity index (χ3n) is 3.45. The molecular formula is C19H20F3NO4. The molecule has 0 aliphatic carbocycles. The van der Waals surface area contributed by atoms with E-state index in [1.165, 1.54) is 32.2 Å². The highest BCUT2D eigenvalue weighted by Gasteiger charge is 2.29. The normalized spacial score (nSPS) is 10.4. The van der Waals surface area contributed by atoms with Gasteiger partial charge in [-0.05, 0) is 49.2 Å². The molecule has 0 aliphatic rings. The van der Waals surface area contributed by atoms with Crippen molar-refractivity contribution in [2.24, 2.45) is 0 Å². The quantitative estimate of drug-likeness (QED) is 0.729. The van der Waals surface area contributed by atoms with Crippen molar-refractivity contribution in [3.8, 4) is 5.75 Å². The number of carbonyl (C=O) groups is 2. The monoisotopic (exact) mass is 383 g/mol. The molecule has 0 amide bonds. The molecule has 146 valence electrons. The molecular weight excluding hydrogens is 363 g/mol. The van der Waals surface area contributed by atoms with Crippen molar-refractivity contribution >= 4 is 17.9 Å². The molecule has 2 aromatic rings. The minimum absolute atomic E-state index is 0.0389. The Morgan fingerprint density at radius 3 is 2.26 bits per heavy atom. The van der Waals surface area contributed by atoms with Gasteiger partial charge in [0.15, 0.2) is 0 Å². The number of halogens is 3. The van der Waals surface area contributed by atoms with Crippen molar-refractivity contribution in [3.63, 3.8) is 0 Å². The third kappa shape index (κ3) is 7.01. The van der Waals surface area contributed by atoms with Crippen LogP contribution < -0.4 is 10.1 Å². The minimum Gasteiger partial charge on any atom is -0.496 e. The first kappa shape index (κ1) is 22.0.